The summed E-state index contributed by atoms with van der Waals surface area (Å²) >= 11 is 1.49. The minimum Gasteiger partial charge on any atom is -0.337 e. The fourth-order valence-corrected chi connectivity index (χ4v) is 1.95. The summed E-state index contributed by atoms with van der Waals surface area (Å²) in [6.07, 6.45) is 0.774. The van der Waals surface area contributed by atoms with Gasteiger partial charge in [0, 0.05) is 30.1 Å². The van der Waals surface area contributed by atoms with Crippen molar-refractivity contribution in [2.45, 2.75) is 6.92 Å². The van der Waals surface area contributed by atoms with E-state index in [1.807, 2.05) is 0 Å². The van der Waals surface area contributed by atoms with Gasteiger partial charge in [-0.05, 0) is 6.92 Å². The zero-order valence-electron chi connectivity index (χ0n) is 8.60. The Bertz CT molecular complexity index is 370. The maximum Gasteiger partial charge on any atom is 0.160 e. The number of halogens is 2. The van der Waals surface area contributed by atoms with Gasteiger partial charge in [0.25, 0.3) is 0 Å². The van der Waals surface area contributed by atoms with Gasteiger partial charge in [0.2, 0.25) is 0 Å². The smallest absolute Gasteiger partial charge is 0.160 e. The third-order valence-corrected chi connectivity index (χ3v) is 2.90. The van der Waals surface area contributed by atoms with Gasteiger partial charge in [0.05, 0.1) is 0 Å². The van der Waals surface area contributed by atoms with Gasteiger partial charge in [0.15, 0.2) is 5.17 Å². The molecule has 0 spiro atoms. The summed E-state index contributed by atoms with van der Waals surface area (Å²) in [5.41, 5.74) is 1.11. The molecule has 82 valence electrons. The van der Waals surface area contributed by atoms with Crippen LogP contribution in [0.15, 0.2) is 40.6 Å². The van der Waals surface area contributed by atoms with E-state index in [0.717, 1.165) is 16.9 Å². The molecule has 0 atom stereocenters. The molecular formula is C10H12F2N2S. The maximum absolute atomic E-state index is 13.3. The van der Waals surface area contributed by atoms with Crippen LogP contribution in [0.5, 0.6) is 0 Å². The summed E-state index contributed by atoms with van der Waals surface area (Å²) in [5, 5.41) is 3.70. The number of amidine groups is 1. The first-order chi connectivity index (χ1) is 7.04. The molecule has 1 heterocycles. The average molecular weight is 230 g/mol. The highest BCUT2D eigenvalue weighted by molar-refractivity contribution is 8.14. The summed E-state index contributed by atoms with van der Waals surface area (Å²) in [6, 6.07) is 0. The zero-order valence-corrected chi connectivity index (χ0v) is 9.42. The highest BCUT2D eigenvalue weighted by Gasteiger charge is 2.17. The monoisotopic (exact) mass is 230 g/mol. The highest BCUT2D eigenvalue weighted by Crippen LogP contribution is 2.24. The number of allylic oxidation sites excluding steroid dienone is 4. The number of aliphatic imine (C=N–C) groups is 1. The quantitative estimate of drug-likeness (QED) is 0.738. The minimum absolute atomic E-state index is 0.389. The molecule has 0 aliphatic carbocycles. The molecule has 0 aromatic rings. The lowest BCUT2D eigenvalue weighted by atomic mass is 10.2. The van der Waals surface area contributed by atoms with Crippen LogP contribution in [0.1, 0.15) is 6.92 Å². The Morgan fingerprint density at radius 1 is 1.60 bits per heavy atom. The number of thioether (sulfide) groups is 1. The van der Waals surface area contributed by atoms with E-state index in [9.17, 15) is 8.78 Å². The van der Waals surface area contributed by atoms with Crippen molar-refractivity contribution in [2.24, 2.45) is 4.99 Å². The predicted molar refractivity (Wildman–Crippen MR) is 61.1 cm³/mol. The second kappa shape index (κ2) is 5.11. The number of hydrogen-bond acceptors (Lipinski definition) is 2. The van der Waals surface area contributed by atoms with Crippen molar-refractivity contribution in [3.8, 4) is 0 Å². The van der Waals surface area contributed by atoms with Gasteiger partial charge in [-0.1, -0.05) is 18.3 Å². The Hall–Kier alpha value is -1.10. The van der Waals surface area contributed by atoms with Gasteiger partial charge in [0.1, 0.15) is 11.7 Å². The van der Waals surface area contributed by atoms with Gasteiger partial charge in [-0.2, -0.15) is 0 Å². The Morgan fingerprint density at radius 3 is 2.73 bits per heavy atom. The van der Waals surface area contributed by atoms with Gasteiger partial charge >= 0.3 is 0 Å². The second-order valence-electron chi connectivity index (χ2n) is 2.99. The Morgan fingerprint density at radius 2 is 2.27 bits per heavy atom. The number of rotatable bonds is 2. The van der Waals surface area contributed by atoms with Crippen molar-refractivity contribution >= 4 is 16.9 Å². The number of nitrogens with zero attached hydrogens (tertiary/aromatic N) is 1. The first-order valence-electron chi connectivity index (χ1n) is 4.33. The lowest BCUT2D eigenvalue weighted by Crippen LogP contribution is -2.13. The molecule has 0 bridgehead atoms. The molecular weight excluding hydrogens is 218 g/mol. The van der Waals surface area contributed by atoms with E-state index in [4.69, 9.17) is 0 Å². The summed E-state index contributed by atoms with van der Waals surface area (Å²) in [4.78, 5) is 3.94. The van der Waals surface area contributed by atoms with E-state index in [-0.39, 0.29) is 0 Å². The molecule has 0 amide bonds. The normalized spacial score (nSPS) is 22.9. The van der Waals surface area contributed by atoms with Crippen LogP contribution in [-0.4, -0.2) is 18.0 Å². The number of hydrogen-bond donors (Lipinski definition) is 1. The third kappa shape index (κ3) is 3.20. The predicted octanol–water partition coefficient (Wildman–Crippen LogP) is 2.92. The fraction of sp³-hybridized carbons (Fsp3) is 0.300. The van der Waals surface area contributed by atoms with E-state index < -0.39 is 11.7 Å². The first-order valence-corrected chi connectivity index (χ1v) is 5.31. The molecule has 0 aromatic heterocycles. The lowest BCUT2D eigenvalue weighted by Gasteiger charge is -2.03. The first kappa shape index (κ1) is 12.0. The van der Waals surface area contributed by atoms with E-state index in [1.165, 1.54) is 11.8 Å². The van der Waals surface area contributed by atoms with Crippen molar-refractivity contribution in [1.82, 2.24) is 5.32 Å². The highest BCUT2D eigenvalue weighted by atomic mass is 32.2. The van der Waals surface area contributed by atoms with Crippen LogP contribution in [-0.2, 0) is 0 Å². The standard InChI is InChI=1S/C10H12F2N2S/c1-6(11)4-8(12)7(2)9-5-15-10(13-3)14-9/h4H,1,5H2,2-3H3,(H,13,14)/b8-4+,9-7+. The SMILES string of the molecule is C=C(F)/C=C(F)\C(C)=C1/CSC(=NC)N1. The molecule has 1 rings (SSSR count). The molecule has 15 heavy (non-hydrogen) atoms. The fourth-order valence-electron chi connectivity index (χ4n) is 1.05. The van der Waals surface area contributed by atoms with Crippen LogP contribution >= 0.6 is 11.8 Å². The minimum atomic E-state index is -0.789. The van der Waals surface area contributed by atoms with E-state index in [1.54, 1.807) is 14.0 Å². The zero-order chi connectivity index (χ0) is 11.4. The molecule has 0 saturated carbocycles. The molecule has 0 radical (unpaired) electrons. The van der Waals surface area contributed by atoms with Crippen molar-refractivity contribution in [3.63, 3.8) is 0 Å². The van der Waals surface area contributed by atoms with Crippen LogP contribution < -0.4 is 5.32 Å². The van der Waals surface area contributed by atoms with Crippen LogP contribution in [0, 0.1) is 0 Å². The summed E-state index contributed by atoms with van der Waals surface area (Å²) in [5.74, 6) is -0.774. The van der Waals surface area contributed by atoms with Gasteiger partial charge in [-0.3, -0.25) is 4.99 Å². The Balaban J connectivity index is 2.88. The van der Waals surface area contributed by atoms with Crippen molar-refractivity contribution < 1.29 is 8.78 Å². The molecule has 0 unspecified atom stereocenters. The third-order valence-electron chi connectivity index (χ3n) is 1.91. The molecule has 0 aromatic carbocycles. The van der Waals surface area contributed by atoms with Crippen LogP contribution in [0.3, 0.4) is 0 Å². The van der Waals surface area contributed by atoms with Gasteiger partial charge in [-0.25, -0.2) is 8.78 Å². The van der Waals surface area contributed by atoms with E-state index >= 15 is 0 Å². The van der Waals surface area contributed by atoms with Gasteiger partial charge in [-0.15, -0.1) is 0 Å². The molecule has 1 aliphatic heterocycles. The second-order valence-corrected chi connectivity index (χ2v) is 3.95. The van der Waals surface area contributed by atoms with Crippen LogP contribution in [0.2, 0.25) is 0 Å². The van der Waals surface area contributed by atoms with Crippen molar-refractivity contribution in [1.29, 1.82) is 0 Å². The molecule has 2 nitrogen and oxygen atoms in total. The molecule has 1 fully saturated rings. The van der Waals surface area contributed by atoms with Crippen LogP contribution in [0.4, 0.5) is 8.78 Å². The molecule has 5 heteroatoms. The van der Waals surface area contributed by atoms with Crippen molar-refractivity contribution in [3.05, 3.63) is 35.6 Å². The Labute approximate surface area is 91.8 Å². The molecule has 1 N–H and O–H groups in total. The largest absolute Gasteiger partial charge is 0.337 e. The van der Waals surface area contributed by atoms with Crippen molar-refractivity contribution in [2.75, 3.05) is 12.8 Å². The Kier molecular flexibility index (Phi) is 4.08. The molecule has 1 aliphatic rings. The summed E-state index contributed by atoms with van der Waals surface area (Å²) in [6.45, 7) is 4.57. The summed E-state index contributed by atoms with van der Waals surface area (Å²) in [7, 11) is 1.66. The number of nitrogens with one attached hydrogen (secondary N) is 1. The average Bonchev–Trinajstić information content (AvgIpc) is 2.63. The van der Waals surface area contributed by atoms with E-state index in [2.05, 4.69) is 16.9 Å². The molecule has 1 saturated heterocycles. The van der Waals surface area contributed by atoms with Gasteiger partial charge < -0.3 is 5.32 Å². The lowest BCUT2D eigenvalue weighted by molar-refractivity contribution is 0.621. The van der Waals surface area contributed by atoms with Crippen LogP contribution in [0.25, 0.3) is 0 Å². The summed E-state index contributed by atoms with van der Waals surface area (Å²) < 4.78 is 25.7. The topological polar surface area (TPSA) is 24.4 Å². The maximum atomic E-state index is 13.3. The van der Waals surface area contributed by atoms with E-state index in [0.29, 0.717) is 11.3 Å².